The molecule has 44 valence electrons. The fourth-order valence-electron chi connectivity index (χ4n) is 0.231. The molecular weight excluding hydrogens is 134 g/mol. The Hall–Kier alpha value is 0.480. The highest BCUT2D eigenvalue weighted by atomic mass is 35.7. The van der Waals surface area contributed by atoms with Gasteiger partial charge in [0.15, 0.2) is 0 Å². The van der Waals surface area contributed by atoms with Crippen LogP contribution in [0.4, 0.5) is 0 Å². The zero-order valence-electron chi connectivity index (χ0n) is 4.35. The van der Waals surface area contributed by atoms with Crippen molar-refractivity contribution in [3.8, 4) is 0 Å². The Morgan fingerprint density at radius 3 is 2.29 bits per heavy atom. The molecular formula is C3H8ClO2P. The summed E-state index contributed by atoms with van der Waals surface area (Å²) in [7, 11) is 0. The van der Waals surface area contributed by atoms with E-state index >= 15 is 0 Å². The monoisotopic (exact) mass is 142 g/mol. The number of hydrogen-bond acceptors (Lipinski definition) is 2. The lowest BCUT2D eigenvalue weighted by molar-refractivity contribution is 0.349. The quantitative estimate of drug-likeness (QED) is 0.552. The molecule has 0 radical (unpaired) electrons. The maximum atomic E-state index is 10.4. The first-order chi connectivity index (χ1) is 3.06. The summed E-state index contributed by atoms with van der Waals surface area (Å²) in [5, 5.41) is 0. The zero-order chi connectivity index (χ0) is 5.91. The highest BCUT2D eigenvalue weighted by Gasteiger charge is 2.06. The predicted octanol–water partition coefficient (Wildman–Crippen LogP) is 2.08. The lowest BCUT2D eigenvalue weighted by Gasteiger charge is -1.99. The molecule has 0 rings (SSSR count). The minimum absolute atomic E-state index is 0.414. The molecule has 0 aromatic rings. The second-order valence-electron chi connectivity index (χ2n) is 1.16. The summed E-state index contributed by atoms with van der Waals surface area (Å²) in [5.74, 6) is 0. The average Bonchev–Trinajstić information content (AvgIpc) is 1.30. The van der Waals surface area contributed by atoms with Crippen molar-refractivity contribution in [1.29, 1.82) is 0 Å². The van der Waals surface area contributed by atoms with Gasteiger partial charge in [0, 0.05) is 6.66 Å². The van der Waals surface area contributed by atoms with Crippen LogP contribution in [-0.4, -0.2) is 13.3 Å². The first-order valence-corrected chi connectivity index (χ1v) is 4.95. The molecule has 4 heteroatoms. The van der Waals surface area contributed by atoms with E-state index in [1.54, 1.807) is 6.92 Å². The molecule has 0 fully saturated rings. The summed E-state index contributed by atoms with van der Waals surface area (Å²) < 4.78 is 14.9. The Morgan fingerprint density at radius 1 is 1.86 bits per heavy atom. The Kier molecular flexibility index (Phi) is 2.89. The maximum absolute atomic E-state index is 10.4. The molecule has 0 N–H and O–H groups in total. The maximum Gasteiger partial charge on any atom is 0.287 e. The van der Waals surface area contributed by atoms with E-state index < -0.39 is 6.72 Å². The van der Waals surface area contributed by atoms with Gasteiger partial charge in [-0.05, 0) is 18.2 Å². The molecule has 0 saturated carbocycles. The summed E-state index contributed by atoms with van der Waals surface area (Å²) in [4.78, 5) is 0. The van der Waals surface area contributed by atoms with E-state index in [1.165, 1.54) is 6.66 Å². The van der Waals surface area contributed by atoms with Crippen molar-refractivity contribution in [2.75, 3.05) is 13.3 Å². The summed E-state index contributed by atoms with van der Waals surface area (Å²) in [6, 6.07) is 0. The van der Waals surface area contributed by atoms with Crippen molar-refractivity contribution in [3.05, 3.63) is 0 Å². The van der Waals surface area contributed by atoms with Gasteiger partial charge < -0.3 is 4.52 Å². The third-order valence-corrected chi connectivity index (χ3v) is 1.37. The molecule has 2 nitrogen and oxygen atoms in total. The summed E-state index contributed by atoms with van der Waals surface area (Å²) in [6.07, 6.45) is 0. The molecule has 0 aliphatic carbocycles. The van der Waals surface area contributed by atoms with Crippen LogP contribution in [0.3, 0.4) is 0 Å². The SMILES string of the molecule is CCO[P@](C)(=O)Cl. The smallest absolute Gasteiger partial charge is 0.287 e. The largest absolute Gasteiger partial charge is 0.318 e. The van der Waals surface area contributed by atoms with Crippen LogP contribution in [0.5, 0.6) is 0 Å². The number of halogens is 1. The van der Waals surface area contributed by atoms with Crippen molar-refractivity contribution in [2.45, 2.75) is 6.92 Å². The molecule has 0 heterocycles. The van der Waals surface area contributed by atoms with Crippen molar-refractivity contribution < 1.29 is 9.09 Å². The molecule has 0 aromatic heterocycles. The van der Waals surface area contributed by atoms with Gasteiger partial charge in [-0.15, -0.1) is 0 Å². The highest BCUT2D eigenvalue weighted by Crippen LogP contribution is 2.47. The lowest BCUT2D eigenvalue weighted by atomic mass is 10.9. The predicted molar refractivity (Wildman–Crippen MR) is 31.0 cm³/mol. The standard InChI is InChI=1S/C3H8ClO2P/c1-3-6-7(2,4)5/h3H2,1-2H3/t7-/m0/s1. The van der Waals surface area contributed by atoms with Crippen molar-refractivity contribution >= 4 is 18.0 Å². The fraction of sp³-hybridized carbons (Fsp3) is 1.00. The van der Waals surface area contributed by atoms with E-state index in [0.717, 1.165) is 0 Å². The second kappa shape index (κ2) is 2.71. The molecule has 0 aliphatic rings. The van der Waals surface area contributed by atoms with Gasteiger partial charge >= 0.3 is 0 Å². The van der Waals surface area contributed by atoms with Gasteiger partial charge in [0.1, 0.15) is 0 Å². The van der Waals surface area contributed by atoms with E-state index in [2.05, 4.69) is 4.52 Å². The van der Waals surface area contributed by atoms with E-state index in [0.29, 0.717) is 6.61 Å². The van der Waals surface area contributed by atoms with Crippen molar-refractivity contribution in [3.63, 3.8) is 0 Å². The Bertz CT molecular complexity index is 86.9. The summed E-state index contributed by atoms with van der Waals surface area (Å²) in [5.41, 5.74) is 0. The highest BCUT2D eigenvalue weighted by molar-refractivity contribution is 7.84. The number of rotatable bonds is 2. The second-order valence-corrected chi connectivity index (χ2v) is 4.76. The van der Waals surface area contributed by atoms with E-state index in [9.17, 15) is 4.57 Å². The van der Waals surface area contributed by atoms with Crippen LogP contribution in [-0.2, 0) is 9.09 Å². The van der Waals surface area contributed by atoms with Gasteiger partial charge in [0.05, 0.1) is 6.61 Å². The first kappa shape index (κ1) is 7.48. The van der Waals surface area contributed by atoms with Crippen molar-refractivity contribution in [1.82, 2.24) is 0 Å². The van der Waals surface area contributed by atoms with Crippen LogP contribution in [0, 0.1) is 0 Å². The van der Waals surface area contributed by atoms with E-state index in [-0.39, 0.29) is 0 Å². The van der Waals surface area contributed by atoms with Crippen LogP contribution in [0.1, 0.15) is 6.92 Å². The molecule has 0 bridgehead atoms. The van der Waals surface area contributed by atoms with E-state index in [4.69, 9.17) is 11.2 Å². The van der Waals surface area contributed by atoms with Crippen LogP contribution in [0.2, 0.25) is 0 Å². The number of hydrogen-bond donors (Lipinski definition) is 0. The third-order valence-electron chi connectivity index (χ3n) is 0.360. The summed E-state index contributed by atoms with van der Waals surface area (Å²) >= 11 is 5.17. The van der Waals surface area contributed by atoms with Gasteiger partial charge in [-0.2, -0.15) is 0 Å². The first-order valence-electron chi connectivity index (χ1n) is 1.98. The van der Waals surface area contributed by atoms with Gasteiger partial charge in [0.2, 0.25) is 0 Å². The van der Waals surface area contributed by atoms with Crippen LogP contribution >= 0.6 is 18.0 Å². The Balaban J connectivity index is 3.36. The van der Waals surface area contributed by atoms with Crippen LogP contribution in [0.15, 0.2) is 0 Å². The van der Waals surface area contributed by atoms with Crippen LogP contribution < -0.4 is 0 Å². The van der Waals surface area contributed by atoms with Gasteiger partial charge in [-0.3, -0.25) is 4.57 Å². The summed E-state index contributed by atoms with van der Waals surface area (Å²) in [6.45, 7) is 0.842. The average molecular weight is 143 g/mol. The minimum Gasteiger partial charge on any atom is -0.318 e. The normalized spacial score (nSPS) is 18.7. The molecule has 0 saturated heterocycles. The Morgan fingerprint density at radius 2 is 2.29 bits per heavy atom. The molecule has 1 atom stereocenters. The van der Waals surface area contributed by atoms with Gasteiger partial charge in [-0.1, -0.05) is 0 Å². The van der Waals surface area contributed by atoms with E-state index in [1.807, 2.05) is 0 Å². The molecule has 0 aliphatic heterocycles. The molecule has 0 spiro atoms. The lowest BCUT2D eigenvalue weighted by Crippen LogP contribution is -1.78. The van der Waals surface area contributed by atoms with Gasteiger partial charge in [0.25, 0.3) is 6.72 Å². The van der Waals surface area contributed by atoms with Crippen LogP contribution in [0.25, 0.3) is 0 Å². The molecule has 7 heavy (non-hydrogen) atoms. The zero-order valence-corrected chi connectivity index (χ0v) is 6.00. The molecule has 0 unspecified atom stereocenters. The fourth-order valence-corrected chi connectivity index (χ4v) is 0.985. The van der Waals surface area contributed by atoms with Gasteiger partial charge in [-0.25, -0.2) is 0 Å². The van der Waals surface area contributed by atoms with Crippen molar-refractivity contribution in [2.24, 2.45) is 0 Å². The third kappa shape index (κ3) is 6.48. The topological polar surface area (TPSA) is 26.3 Å². The molecule has 0 amide bonds. The molecule has 0 aromatic carbocycles. The Labute approximate surface area is 48.1 Å². The minimum atomic E-state index is -2.69.